The van der Waals surface area contributed by atoms with Crippen LogP contribution in [0.2, 0.25) is 0 Å². The molecule has 0 heterocycles. The number of amides is 3. The topological polar surface area (TPSA) is 105 Å². The molecule has 0 bridgehead atoms. The molecule has 2 N–H and O–H groups in total. The monoisotopic (exact) mass is 521 g/mol. The maximum absolute atomic E-state index is 13.6. The van der Waals surface area contributed by atoms with Crippen molar-refractivity contribution >= 4 is 33.7 Å². The zero-order valence-electron chi connectivity index (χ0n) is 21.0. The lowest BCUT2D eigenvalue weighted by Crippen LogP contribution is -2.53. The first-order valence-corrected chi connectivity index (χ1v) is 13.3. The van der Waals surface area contributed by atoms with Crippen LogP contribution in [-0.4, -0.2) is 40.1 Å². The summed E-state index contributed by atoms with van der Waals surface area (Å²) in [4.78, 5) is 28.0. The van der Waals surface area contributed by atoms with Gasteiger partial charge in [0, 0.05) is 18.7 Å². The molecular formula is C28H31N3O5S. The van der Waals surface area contributed by atoms with E-state index in [1.807, 2.05) is 48.9 Å². The molecule has 9 heteroatoms. The van der Waals surface area contributed by atoms with Gasteiger partial charge in [-0.1, -0.05) is 54.6 Å². The van der Waals surface area contributed by atoms with Crippen LogP contribution in [-0.2, 0) is 21.2 Å². The number of likely N-dealkylation sites (N-methyl/N-ethyl adjacent to an activating group) is 1. The van der Waals surface area contributed by atoms with Crippen molar-refractivity contribution in [3.05, 3.63) is 96.1 Å². The Kier molecular flexibility index (Phi) is 9.45. The summed E-state index contributed by atoms with van der Waals surface area (Å²) in [5.41, 5.74) is 2.12. The fourth-order valence-corrected chi connectivity index (χ4v) is 4.78. The predicted molar refractivity (Wildman–Crippen MR) is 145 cm³/mol. The van der Waals surface area contributed by atoms with Crippen molar-refractivity contribution in [3.8, 4) is 5.75 Å². The second-order valence-corrected chi connectivity index (χ2v) is 9.86. The molecular weight excluding hydrogens is 490 g/mol. The van der Waals surface area contributed by atoms with Crippen LogP contribution < -0.4 is 19.7 Å². The number of carbonyl (C=O) groups is 2. The summed E-state index contributed by atoms with van der Waals surface area (Å²) in [7, 11) is -2.61. The third-order valence-corrected chi connectivity index (χ3v) is 6.94. The largest absolute Gasteiger partial charge is 0.497 e. The molecule has 3 aromatic carbocycles. The summed E-state index contributed by atoms with van der Waals surface area (Å²) in [5.74, 6) is 0.272. The summed E-state index contributed by atoms with van der Waals surface area (Å²) in [6.07, 6.45) is 3.72. The Morgan fingerprint density at radius 2 is 1.70 bits per heavy atom. The molecule has 0 saturated heterocycles. The number of rotatable bonds is 10. The van der Waals surface area contributed by atoms with Crippen molar-refractivity contribution in [2.45, 2.75) is 31.2 Å². The van der Waals surface area contributed by atoms with Crippen molar-refractivity contribution in [2.24, 2.45) is 0 Å². The van der Waals surface area contributed by atoms with E-state index in [1.165, 1.54) is 17.0 Å². The number of urea groups is 1. The van der Waals surface area contributed by atoms with Crippen molar-refractivity contribution in [3.63, 3.8) is 0 Å². The number of methoxy groups -OCH3 is 1. The Balaban J connectivity index is 1.84. The van der Waals surface area contributed by atoms with Gasteiger partial charge in [0.25, 0.3) is 10.0 Å². The minimum atomic E-state index is -4.16. The van der Waals surface area contributed by atoms with E-state index >= 15 is 0 Å². The van der Waals surface area contributed by atoms with Gasteiger partial charge in [-0.3, -0.25) is 4.79 Å². The zero-order valence-corrected chi connectivity index (χ0v) is 21.9. The number of nitrogens with zero attached hydrogens (tertiary/aromatic N) is 1. The Morgan fingerprint density at radius 1 is 1.00 bits per heavy atom. The van der Waals surface area contributed by atoms with Gasteiger partial charge in [0.05, 0.1) is 12.0 Å². The van der Waals surface area contributed by atoms with Gasteiger partial charge in [-0.05, 0) is 61.4 Å². The van der Waals surface area contributed by atoms with Crippen LogP contribution in [0.4, 0.5) is 10.5 Å². The number of nitrogens with one attached hydrogen (secondary N) is 2. The minimum absolute atomic E-state index is 0.0578. The maximum Gasteiger partial charge on any atom is 0.329 e. The van der Waals surface area contributed by atoms with Gasteiger partial charge in [0.1, 0.15) is 11.8 Å². The van der Waals surface area contributed by atoms with Crippen molar-refractivity contribution in [1.29, 1.82) is 0 Å². The highest BCUT2D eigenvalue weighted by Crippen LogP contribution is 2.21. The molecule has 0 aliphatic carbocycles. The smallest absolute Gasteiger partial charge is 0.329 e. The molecule has 37 heavy (non-hydrogen) atoms. The van der Waals surface area contributed by atoms with Crippen LogP contribution in [0.3, 0.4) is 0 Å². The van der Waals surface area contributed by atoms with Crippen molar-refractivity contribution in [2.75, 3.05) is 18.6 Å². The molecule has 194 valence electrons. The lowest BCUT2D eigenvalue weighted by molar-refractivity contribution is -0.120. The molecule has 0 fully saturated rings. The van der Waals surface area contributed by atoms with Crippen LogP contribution in [0.5, 0.6) is 5.75 Å². The highest BCUT2D eigenvalue weighted by atomic mass is 32.2. The standard InChI is InChI=1S/C28H31N3O5S/c1-4-10-21-13-9-14-25(19-21)37(34,35)30-28(33)29-26(20-22-11-7-6-8-12-22)27(32)31(5-2)23-15-17-24(36-3)18-16-23/h4,6-19,26H,5,20H2,1-3H3,(H2,29,30,33)/b10-4-/t26-/m0/s1. The van der Waals surface area contributed by atoms with Crippen LogP contribution >= 0.6 is 0 Å². The highest BCUT2D eigenvalue weighted by Gasteiger charge is 2.28. The zero-order chi connectivity index (χ0) is 26.8. The molecule has 0 radical (unpaired) electrons. The maximum atomic E-state index is 13.6. The molecule has 0 unspecified atom stereocenters. The van der Waals surface area contributed by atoms with Gasteiger partial charge < -0.3 is 15.0 Å². The van der Waals surface area contributed by atoms with Gasteiger partial charge in [-0.2, -0.15) is 0 Å². The van der Waals surface area contributed by atoms with E-state index in [0.29, 0.717) is 23.5 Å². The van der Waals surface area contributed by atoms with Crippen LogP contribution in [0.25, 0.3) is 6.08 Å². The van der Waals surface area contributed by atoms with E-state index in [1.54, 1.807) is 55.7 Å². The molecule has 0 aromatic heterocycles. The molecule has 3 amide bonds. The average molecular weight is 522 g/mol. The number of sulfonamides is 1. The average Bonchev–Trinajstić information content (AvgIpc) is 2.90. The number of ether oxygens (including phenoxy) is 1. The third-order valence-electron chi connectivity index (χ3n) is 5.61. The van der Waals surface area contributed by atoms with Gasteiger partial charge in [0.2, 0.25) is 5.91 Å². The van der Waals surface area contributed by atoms with Gasteiger partial charge in [0.15, 0.2) is 0 Å². The second kappa shape index (κ2) is 12.7. The summed E-state index contributed by atoms with van der Waals surface area (Å²) >= 11 is 0. The SMILES string of the molecule is C/C=C\c1cccc(S(=O)(=O)NC(=O)N[C@@H](Cc2ccccc2)C(=O)N(CC)c2ccc(OC)cc2)c1. The molecule has 0 saturated carbocycles. The first-order chi connectivity index (χ1) is 17.8. The lowest BCUT2D eigenvalue weighted by Gasteiger charge is -2.27. The third kappa shape index (κ3) is 7.44. The van der Waals surface area contributed by atoms with Crippen LogP contribution in [0.1, 0.15) is 25.0 Å². The van der Waals surface area contributed by atoms with Gasteiger partial charge in [-0.15, -0.1) is 0 Å². The van der Waals surface area contributed by atoms with E-state index in [9.17, 15) is 18.0 Å². The molecule has 3 rings (SSSR count). The van der Waals surface area contributed by atoms with Crippen LogP contribution in [0, 0.1) is 0 Å². The lowest BCUT2D eigenvalue weighted by atomic mass is 10.0. The normalized spacial score (nSPS) is 12.1. The number of allylic oxidation sites excluding steroid dienone is 1. The summed E-state index contributed by atoms with van der Waals surface area (Å²) in [6, 6.07) is 20.4. The fraction of sp³-hybridized carbons (Fsp3) is 0.214. The van der Waals surface area contributed by atoms with Gasteiger partial charge in [-0.25, -0.2) is 17.9 Å². The minimum Gasteiger partial charge on any atom is -0.497 e. The number of anilines is 1. The summed E-state index contributed by atoms with van der Waals surface area (Å²) in [6.45, 7) is 3.99. The molecule has 0 aliphatic heterocycles. The number of hydrogen-bond donors (Lipinski definition) is 2. The Morgan fingerprint density at radius 3 is 2.32 bits per heavy atom. The second-order valence-electron chi connectivity index (χ2n) is 8.17. The van der Waals surface area contributed by atoms with Gasteiger partial charge >= 0.3 is 6.03 Å². The van der Waals surface area contributed by atoms with Crippen molar-refractivity contribution < 1.29 is 22.7 Å². The van der Waals surface area contributed by atoms with Crippen molar-refractivity contribution in [1.82, 2.24) is 10.0 Å². The molecule has 3 aromatic rings. The summed E-state index contributed by atoms with van der Waals surface area (Å²) in [5, 5.41) is 2.58. The number of hydrogen-bond acceptors (Lipinski definition) is 5. The first kappa shape index (κ1) is 27.5. The van der Waals surface area contributed by atoms with E-state index in [-0.39, 0.29) is 17.2 Å². The summed E-state index contributed by atoms with van der Waals surface area (Å²) < 4.78 is 33.0. The Bertz CT molecular complexity index is 1340. The molecule has 0 aliphatic rings. The highest BCUT2D eigenvalue weighted by molar-refractivity contribution is 7.90. The van der Waals surface area contributed by atoms with E-state index in [0.717, 1.165) is 5.56 Å². The Labute approximate surface area is 218 Å². The Hall–Kier alpha value is -4.11. The van der Waals surface area contributed by atoms with E-state index < -0.39 is 22.1 Å². The number of carbonyl (C=O) groups excluding carboxylic acids is 2. The predicted octanol–water partition coefficient (Wildman–Crippen LogP) is 4.38. The fourth-order valence-electron chi connectivity index (χ4n) is 3.81. The number of benzene rings is 3. The molecule has 1 atom stereocenters. The first-order valence-electron chi connectivity index (χ1n) is 11.8. The quantitative estimate of drug-likeness (QED) is 0.412. The van der Waals surface area contributed by atoms with E-state index in [4.69, 9.17) is 4.74 Å². The molecule has 0 spiro atoms. The van der Waals surface area contributed by atoms with Crippen LogP contribution in [0.15, 0.2) is 89.8 Å². The van der Waals surface area contributed by atoms with E-state index in [2.05, 4.69) is 5.32 Å². The molecule has 8 nitrogen and oxygen atoms in total.